The molecule has 21 heavy (non-hydrogen) atoms. The van der Waals surface area contributed by atoms with Crippen molar-refractivity contribution in [3.63, 3.8) is 0 Å². The normalized spacial score (nSPS) is 16.2. The molecular formula is C17H25IN2O. The van der Waals surface area contributed by atoms with Crippen molar-refractivity contribution in [1.29, 1.82) is 0 Å². The van der Waals surface area contributed by atoms with Crippen LogP contribution in [-0.2, 0) is 0 Å². The Morgan fingerprint density at radius 1 is 1.38 bits per heavy atom. The van der Waals surface area contributed by atoms with Gasteiger partial charge in [0.25, 0.3) is 5.91 Å². The number of carbonyl (C=O) groups is 1. The van der Waals surface area contributed by atoms with Crippen molar-refractivity contribution in [2.24, 2.45) is 5.92 Å². The van der Waals surface area contributed by atoms with E-state index in [1.807, 2.05) is 17.0 Å². The van der Waals surface area contributed by atoms with Crippen LogP contribution in [0.1, 0.15) is 42.6 Å². The Morgan fingerprint density at radius 2 is 2.05 bits per heavy atom. The number of aryl methyl sites for hydroxylation is 1. The Morgan fingerprint density at radius 3 is 2.67 bits per heavy atom. The lowest BCUT2D eigenvalue weighted by Gasteiger charge is -2.33. The second kappa shape index (κ2) is 7.58. The fourth-order valence-electron chi connectivity index (χ4n) is 2.84. The van der Waals surface area contributed by atoms with Gasteiger partial charge >= 0.3 is 0 Å². The van der Waals surface area contributed by atoms with Crippen molar-refractivity contribution in [3.05, 3.63) is 32.9 Å². The fourth-order valence-corrected chi connectivity index (χ4v) is 3.43. The highest BCUT2D eigenvalue weighted by atomic mass is 127. The summed E-state index contributed by atoms with van der Waals surface area (Å²) in [6.07, 6.45) is 2.34. The highest BCUT2D eigenvalue weighted by Crippen LogP contribution is 2.22. The first-order valence-corrected chi connectivity index (χ1v) is 8.85. The SMILES string of the molecule is Cc1cccc(C(=O)N(CC2CCNCC2)C(C)C)c1I. The smallest absolute Gasteiger partial charge is 0.255 e. The van der Waals surface area contributed by atoms with E-state index in [4.69, 9.17) is 0 Å². The van der Waals surface area contributed by atoms with Gasteiger partial charge in [-0.15, -0.1) is 0 Å². The Kier molecular flexibility index (Phi) is 6.05. The van der Waals surface area contributed by atoms with Gasteiger partial charge in [-0.25, -0.2) is 0 Å². The summed E-state index contributed by atoms with van der Waals surface area (Å²) >= 11 is 2.29. The quantitative estimate of drug-likeness (QED) is 0.786. The average molecular weight is 400 g/mol. The summed E-state index contributed by atoms with van der Waals surface area (Å²) in [6, 6.07) is 6.23. The molecule has 0 aromatic heterocycles. The third kappa shape index (κ3) is 4.19. The number of rotatable bonds is 4. The third-order valence-corrected chi connectivity index (χ3v) is 5.65. The van der Waals surface area contributed by atoms with Gasteiger partial charge in [0.2, 0.25) is 0 Å². The van der Waals surface area contributed by atoms with Crippen LogP contribution in [0.25, 0.3) is 0 Å². The molecule has 4 heteroatoms. The molecule has 0 aliphatic carbocycles. The van der Waals surface area contributed by atoms with Crippen LogP contribution < -0.4 is 5.32 Å². The second-order valence-corrected chi connectivity index (χ2v) is 7.26. The van der Waals surface area contributed by atoms with E-state index in [1.54, 1.807) is 0 Å². The molecule has 3 nitrogen and oxygen atoms in total. The summed E-state index contributed by atoms with van der Waals surface area (Å²) < 4.78 is 1.08. The van der Waals surface area contributed by atoms with Gasteiger partial charge in [0.15, 0.2) is 0 Å². The van der Waals surface area contributed by atoms with Crippen LogP contribution >= 0.6 is 22.6 Å². The highest BCUT2D eigenvalue weighted by Gasteiger charge is 2.25. The Hall–Kier alpha value is -0.620. The number of nitrogens with one attached hydrogen (secondary N) is 1. The summed E-state index contributed by atoms with van der Waals surface area (Å²) in [7, 11) is 0. The number of hydrogen-bond donors (Lipinski definition) is 1. The van der Waals surface area contributed by atoms with Crippen LogP contribution in [0.4, 0.5) is 0 Å². The first kappa shape index (κ1) is 16.7. The number of piperidine rings is 1. The lowest BCUT2D eigenvalue weighted by atomic mass is 9.96. The van der Waals surface area contributed by atoms with E-state index in [-0.39, 0.29) is 11.9 Å². The van der Waals surface area contributed by atoms with Gasteiger partial charge in [0.1, 0.15) is 0 Å². The van der Waals surface area contributed by atoms with Crippen molar-refractivity contribution in [3.8, 4) is 0 Å². The molecule has 1 heterocycles. The fraction of sp³-hybridized carbons (Fsp3) is 0.588. The van der Waals surface area contributed by atoms with Crippen molar-refractivity contribution >= 4 is 28.5 Å². The number of hydrogen-bond acceptors (Lipinski definition) is 2. The Bertz CT molecular complexity index is 496. The molecule has 1 fully saturated rings. The molecule has 0 saturated carbocycles. The molecule has 1 N–H and O–H groups in total. The standard InChI is InChI=1S/C17H25IN2O/c1-12(2)20(11-14-7-9-19-10-8-14)17(21)15-6-4-5-13(3)16(15)18/h4-6,12,14,19H,7-11H2,1-3H3. The average Bonchev–Trinajstić information content (AvgIpc) is 2.48. The lowest BCUT2D eigenvalue weighted by molar-refractivity contribution is 0.0657. The molecule has 0 unspecified atom stereocenters. The number of halogens is 1. The van der Waals surface area contributed by atoms with Crippen molar-refractivity contribution in [1.82, 2.24) is 10.2 Å². The van der Waals surface area contributed by atoms with E-state index in [1.165, 1.54) is 18.4 Å². The Labute approximate surface area is 141 Å². The van der Waals surface area contributed by atoms with E-state index in [2.05, 4.69) is 54.7 Å². The van der Waals surface area contributed by atoms with E-state index in [9.17, 15) is 4.79 Å². The largest absolute Gasteiger partial charge is 0.336 e. The third-order valence-electron chi connectivity index (χ3n) is 4.22. The molecule has 1 aromatic rings. The van der Waals surface area contributed by atoms with Gasteiger partial charge in [-0.3, -0.25) is 4.79 Å². The summed E-state index contributed by atoms with van der Waals surface area (Å²) in [5.74, 6) is 0.803. The summed E-state index contributed by atoms with van der Waals surface area (Å²) in [4.78, 5) is 15.0. The molecule has 0 radical (unpaired) electrons. The van der Waals surface area contributed by atoms with Gasteiger partial charge in [-0.05, 0) is 86.8 Å². The zero-order valence-electron chi connectivity index (χ0n) is 13.2. The Balaban J connectivity index is 2.17. The molecule has 0 atom stereocenters. The van der Waals surface area contributed by atoms with Gasteiger partial charge in [-0.2, -0.15) is 0 Å². The minimum atomic E-state index is 0.177. The molecule has 116 valence electrons. The van der Waals surface area contributed by atoms with Crippen LogP contribution in [0.3, 0.4) is 0 Å². The van der Waals surface area contributed by atoms with E-state index in [0.717, 1.165) is 28.8 Å². The van der Waals surface area contributed by atoms with Crippen LogP contribution in [0.5, 0.6) is 0 Å². The predicted octanol–water partition coefficient (Wildman–Crippen LogP) is 3.45. The van der Waals surface area contributed by atoms with Crippen molar-refractivity contribution in [2.75, 3.05) is 19.6 Å². The van der Waals surface area contributed by atoms with Gasteiger partial charge in [0, 0.05) is 16.2 Å². The number of carbonyl (C=O) groups excluding carboxylic acids is 1. The van der Waals surface area contributed by atoms with E-state index >= 15 is 0 Å². The number of nitrogens with zero attached hydrogens (tertiary/aromatic N) is 1. The van der Waals surface area contributed by atoms with E-state index < -0.39 is 0 Å². The van der Waals surface area contributed by atoms with Crippen LogP contribution in [-0.4, -0.2) is 36.5 Å². The first-order valence-electron chi connectivity index (χ1n) is 7.77. The molecule has 1 aliphatic rings. The summed E-state index contributed by atoms with van der Waals surface area (Å²) in [6.45, 7) is 9.32. The highest BCUT2D eigenvalue weighted by molar-refractivity contribution is 14.1. The zero-order valence-corrected chi connectivity index (χ0v) is 15.3. The topological polar surface area (TPSA) is 32.3 Å². The maximum atomic E-state index is 12.9. The van der Waals surface area contributed by atoms with Crippen molar-refractivity contribution < 1.29 is 4.79 Å². The first-order chi connectivity index (χ1) is 10.0. The van der Waals surface area contributed by atoms with Crippen LogP contribution in [0.15, 0.2) is 18.2 Å². The van der Waals surface area contributed by atoms with Gasteiger partial charge in [-0.1, -0.05) is 12.1 Å². The van der Waals surface area contributed by atoms with Crippen molar-refractivity contribution in [2.45, 2.75) is 39.7 Å². The van der Waals surface area contributed by atoms with Crippen LogP contribution in [0.2, 0.25) is 0 Å². The molecule has 0 bridgehead atoms. The zero-order chi connectivity index (χ0) is 15.4. The molecule has 1 aliphatic heterocycles. The monoisotopic (exact) mass is 400 g/mol. The molecule has 1 amide bonds. The molecular weight excluding hydrogens is 375 g/mol. The number of amides is 1. The summed E-state index contributed by atoms with van der Waals surface area (Å²) in [5.41, 5.74) is 2.02. The number of benzene rings is 1. The van der Waals surface area contributed by atoms with Crippen LogP contribution in [0, 0.1) is 16.4 Å². The van der Waals surface area contributed by atoms with Gasteiger partial charge in [0.05, 0.1) is 5.56 Å². The maximum Gasteiger partial charge on any atom is 0.255 e. The molecule has 1 saturated heterocycles. The second-order valence-electron chi connectivity index (χ2n) is 6.18. The van der Waals surface area contributed by atoms with Gasteiger partial charge < -0.3 is 10.2 Å². The summed E-state index contributed by atoms with van der Waals surface area (Å²) in [5, 5.41) is 3.39. The molecule has 1 aromatic carbocycles. The minimum absolute atomic E-state index is 0.177. The predicted molar refractivity (Wildman–Crippen MR) is 95.7 cm³/mol. The van der Waals surface area contributed by atoms with E-state index in [0.29, 0.717) is 5.92 Å². The minimum Gasteiger partial charge on any atom is -0.336 e. The molecule has 0 spiro atoms. The maximum absolute atomic E-state index is 12.9. The lowest BCUT2D eigenvalue weighted by Crippen LogP contribution is -2.43. The molecule has 2 rings (SSSR count).